The number of ether oxygens (including phenoxy) is 2. The third kappa shape index (κ3) is 4.92. The third-order valence-electron chi connectivity index (χ3n) is 7.78. The van der Waals surface area contributed by atoms with Crippen LogP contribution >= 0.6 is 0 Å². The normalized spacial score (nSPS) is 22.7. The number of aromatic nitrogens is 1. The molecule has 5 rings (SSSR count). The number of piperidine rings is 2. The van der Waals surface area contributed by atoms with Crippen molar-refractivity contribution in [3.8, 4) is 5.75 Å². The topological polar surface area (TPSA) is 54.9 Å². The second-order valence-corrected chi connectivity index (χ2v) is 9.62. The zero-order valence-electron chi connectivity index (χ0n) is 19.4. The van der Waals surface area contributed by atoms with Gasteiger partial charge in [-0.1, -0.05) is 30.3 Å². The minimum atomic E-state index is -0.422. The van der Waals surface area contributed by atoms with Crippen molar-refractivity contribution in [2.75, 3.05) is 39.4 Å². The van der Waals surface area contributed by atoms with E-state index in [9.17, 15) is 4.79 Å². The number of hydrogen-bond donors (Lipinski definition) is 0. The molecule has 1 aromatic carbocycles. The molecule has 0 bridgehead atoms. The Morgan fingerprint density at radius 3 is 2.24 bits per heavy atom. The second-order valence-electron chi connectivity index (χ2n) is 9.62. The van der Waals surface area contributed by atoms with Gasteiger partial charge in [0, 0.05) is 57.8 Å². The SMILES string of the molecule is O=C(N1CCC(N2CCC(Oc3ccncc3)CC2)CC1)C1(c2ccccc2)CCOCC1. The maximum atomic E-state index is 13.8. The van der Waals surface area contributed by atoms with Crippen LogP contribution in [-0.2, 0) is 14.9 Å². The van der Waals surface area contributed by atoms with Crippen LogP contribution in [0.1, 0.15) is 44.1 Å². The molecule has 3 aliphatic rings. The lowest BCUT2D eigenvalue weighted by Crippen LogP contribution is -2.55. The van der Waals surface area contributed by atoms with E-state index in [-0.39, 0.29) is 6.10 Å². The van der Waals surface area contributed by atoms with Crippen molar-refractivity contribution in [3.63, 3.8) is 0 Å². The molecule has 176 valence electrons. The van der Waals surface area contributed by atoms with Gasteiger partial charge in [-0.15, -0.1) is 0 Å². The number of likely N-dealkylation sites (tertiary alicyclic amines) is 2. The van der Waals surface area contributed by atoms with Gasteiger partial charge in [0.05, 0.1) is 5.41 Å². The number of hydrogen-bond acceptors (Lipinski definition) is 5. The van der Waals surface area contributed by atoms with E-state index in [1.807, 2.05) is 30.3 Å². The summed E-state index contributed by atoms with van der Waals surface area (Å²) in [6, 6.07) is 14.8. The minimum absolute atomic E-state index is 0.282. The molecule has 0 N–H and O–H groups in total. The monoisotopic (exact) mass is 449 g/mol. The van der Waals surface area contributed by atoms with Gasteiger partial charge < -0.3 is 14.4 Å². The van der Waals surface area contributed by atoms with Crippen molar-refractivity contribution in [3.05, 3.63) is 60.4 Å². The smallest absolute Gasteiger partial charge is 0.233 e. The molecule has 3 aliphatic heterocycles. The van der Waals surface area contributed by atoms with Gasteiger partial charge in [0.15, 0.2) is 0 Å². The van der Waals surface area contributed by atoms with Crippen LogP contribution in [0.15, 0.2) is 54.9 Å². The Hall–Kier alpha value is -2.44. The molecule has 3 fully saturated rings. The number of amides is 1. The summed E-state index contributed by atoms with van der Waals surface area (Å²) >= 11 is 0. The molecule has 0 saturated carbocycles. The molecule has 6 heteroatoms. The number of pyridine rings is 1. The van der Waals surface area contributed by atoms with E-state index in [1.165, 1.54) is 0 Å². The van der Waals surface area contributed by atoms with Gasteiger partial charge in [-0.25, -0.2) is 0 Å². The Morgan fingerprint density at radius 1 is 0.909 bits per heavy atom. The Labute approximate surface area is 196 Å². The quantitative estimate of drug-likeness (QED) is 0.697. The standard InChI is InChI=1S/C27H35N3O3/c31-26(27(12-20-32-21-13-27)22-4-2-1-3-5-22)30-16-8-23(9-17-30)29-18-10-25(11-19-29)33-24-6-14-28-15-7-24/h1-7,14-15,23,25H,8-13,16-21H2. The molecule has 0 atom stereocenters. The molecule has 6 nitrogen and oxygen atoms in total. The maximum Gasteiger partial charge on any atom is 0.233 e. The van der Waals surface area contributed by atoms with E-state index in [0.29, 0.717) is 25.2 Å². The molecule has 0 aliphatic carbocycles. The fourth-order valence-electron chi connectivity index (χ4n) is 5.81. The first-order valence-electron chi connectivity index (χ1n) is 12.5. The highest BCUT2D eigenvalue weighted by molar-refractivity contribution is 5.88. The van der Waals surface area contributed by atoms with Crippen LogP contribution in [0.2, 0.25) is 0 Å². The van der Waals surface area contributed by atoms with Gasteiger partial charge in [0.25, 0.3) is 0 Å². The summed E-state index contributed by atoms with van der Waals surface area (Å²) in [6.45, 7) is 5.17. The van der Waals surface area contributed by atoms with Crippen LogP contribution in [0.25, 0.3) is 0 Å². The zero-order chi connectivity index (χ0) is 22.5. The average molecular weight is 450 g/mol. The van der Waals surface area contributed by atoms with Gasteiger partial charge in [0.1, 0.15) is 11.9 Å². The van der Waals surface area contributed by atoms with Crippen molar-refractivity contribution in [2.45, 2.75) is 56.1 Å². The van der Waals surface area contributed by atoms with Crippen LogP contribution in [0.4, 0.5) is 0 Å². The highest BCUT2D eigenvalue weighted by Gasteiger charge is 2.45. The van der Waals surface area contributed by atoms with Gasteiger partial charge in [-0.3, -0.25) is 14.7 Å². The predicted octanol–water partition coefficient (Wildman–Crippen LogP) is 3.66. The van der Waals surface area contributed by atoms with E-state index in [4.69, 9.17) is 9.47 Å². The molecular weight excluding hydrogens is 414 g/mol. The molecular formula is C27H35N3O3. The first-order chi connectivity index (χ1) is 16.2. The Bertz CT molecular complexity index is 885. The highest BCUT2D eigenvalue weighted by Crippen LogP contribution is 2.37. The Morgan fingerprint density at radius 2 is 1.58 bits per heavy atom. The first kappa shape index (κ1) is 22.4. The van der Waals surface area contributed by atoms with Crippen LogP contribution in [0.5, 0.6) is 5.75 Å². The lowest BCUT2D eigenvalue weighted by atomic mass is 9.72. The number of nitrogens with zero attached hydrogens (tertiary/aromatic N) is 3. The Kier molecular flexibility index (Phi) is 6.93. The molecule has 3 saturated heterocycles. The molecule has 0 spiro atoms. The molecule has 1 amide bonds. The molecule has 4 heterocycles. The number of benzene rings is 1. The van der Waals surface area contributed by atoms with E-state index < -0.39 is 5.41 Å². The van der Waals surface area contributed by atoms with Gasteiger partial charge >= 0.3 is 0 Å². The van der Waals surface area contributed by atoms with Gasteiger partial charge in [0.2, 0.25) is 5.91 Å². The molecule has 33 heavy (non-hydrogen) atoms. The average Bonchev–Trinajstić information content (AvgIpc) is 2.90. The molecule has 0 unspecified atom stereocenters. The molecule has 0 radical (unpaired) electrons. The summed E-state index contributed by atoms with van der Waals surface area (Å²) in [5.74, 6) is 1.22. The lowest BCUT2D eigenvalue weighted by Gasteiger charge is -2.45. The fraction of sp³-hybridized carbons (Fsp3) is 0.556. The van der Waals surface area contributed by atoms with Crippen LogP contribution in [0, 0.1) is 0 Å². The van der Waals surface area contributed by atoms with Crippen molar-refractivity contribution in [2.24, 2.45) is 0 Å². The number of rotatable bonds is 5. The van der Waals surface area contributed by atoms with Crippen LogP contribution < -0.4 is 4.74 Å². The number of carbonyl (C=O) groups excluding carboxylic acids is 1. The van der Waals surface area contributed by atoms with Crippen LogP contribution in [0.3, 0.4) is 0 Å². The fourth-order valence-corrected chi connectivity index (χ4v) is 5.81. The summed E-state index contributed by atoms with van der Waals surface area (Å²) < 4.78 is 11.8. The maximum absolute atomic E-state index is 13.8. The minimum Gasteiger partial charge on any atom is -0.490 e. The molecule has 2 aromatic rings. The summed E-state index contributed by atoms with van der Waals surface area (Å²) in [5, 5.41) is 0. The lowest BCUT2D eigenvalue weighted by molar-refractivity contribution is -0.143. The Balaban J connectivity index is 1.15. The summed E-state index contributed by atoms with van der Waals surface area (Å²) in [4.78, 5) is 22.6. The van der Waals surface area contributed by atoms with Crippen LogP contribution in [-0.4, -0.2) is 72.2 Å². The van der Waals surface area contributed by atoms with Gasteiger partial charge in [-0.05, 0) is 56.2 Å². The predicted molar refractivity (Wildman–Crippen MR) is 127 cm³/mol. The van der Waals surface area contributed by atoms with Crippen molar-refractivity contribution in [1.29, 1.82) is 0 Å². The van der Waals surface area contributed by atoms with E-state index in [2.05, 4.69) is 26.9 Å². The zero-order valence-corrected chi connectivity index (χ0v) is 19.4. The summed E-state index contributed by atoms with van der Waals surface area (Å²) in [5.41, 5.74) is 0.728. The number of carbonyl (C=O) groups is 1. The van der Waals surface area contributed by atoms with Crippen molar-refractivity contribution >= 4 is 5.91 Å². The second kappa shape index (κ2) is 10.2. The van der Waals surface area contributed by atoms with Crippen molar-refractivity contribution in [1.82, 2.24) is 14.8 Å². The van der Waals surface area contributed by atoms with Gasteiger partial charge in [-0.2, -0.15) is 0 Å². The first-order valence-corrected chi connectivity index (χ1v) is 12.5. The van der Waals surface area contributed by atoms with Crippen molar-refractivity contribution < 1.29 is 14.3 Å². The third-order valence-corrected chi connectivity index (χ3v) is 7.78. The van der Waals surface area contributed by atoms with E-state index in [1.54, 1.807) is 12.4 Å². The van der Waals surface area contributed by atoms with E-state index in [0.717, 1.165) is 76.0 Å². The summed E-state index contributed by atoms with van der Waals surface area (Å²) in [7, 11) is 0. The summed E-state index contributed by atoms with van der Waals surface area (Å²) in [6.07, 6.45) is 9.62. The van der Waals surface area contributed by atoms with E-state index >= 15 is 0 Å². The molecule has 1 aromatic heterocycles. The largest absolute Gasteiger partial charge is 0.490 e. The highest BCUT2D eigenvalue weighted by atomic mass is 16.5.